The molecule has 0 saturated carbocycles. The van der Waals surface area contributed by atoms with Gasteiger partial charge in [0.15, 0.2) is 17.5 Å². The number of benzene rings is 8. The Hall–Kier alpha value is -7.73. The lowest BCUT2D eigenvalue weighted by Gasteiger charge is -2.27. The summed E-state index contributed by atoms with van der Waals surface area (Å²) in [5.41, 5.74) is 9.54. The number of rotatable bonds is 5. The summed E-state index contributed by atoms with van der Waals surface area (Å²) in [4.78, 5) is 15.9. The molecule has 0 N–H and O–H groups in total. The summed E-state index contributed by atoms with van der Waals surface area (Å²) in [6.45, 7) is 0. The van der Waals surface area contributed by atoms with Crippen LogP contribution in [0.2, 0.25) is 0 Å². The van der Waals surface area contributed by atoms with Crippen LogP contribution in [0.3, 0.4) is 0 Å². The molecule has 0 aliphatic heterocycles. The predicted octanol–water partition coefficient (Wildman–Crippen LogP) is 13.4. The molecule has 0 saturated heterocycles. The average molecular weight is 810 g/mol. The van der Waals surface area contributed by atoms with Gasteiger partial charge in [0.1, 0.15) is 11.0 Å². The van der Waals surface area contributed by atoms with Crippen LogP contribution in [0.15, 0.2) is 193 Å². The van der Waals surface area contributed by atoms with Gasteiger partial charge in [0.05, 0.1) is 0 Å². The van der Waals surface area contributed by atoms with E-state index in [4.69, 9.17) is 19.4 Å². The van der Waals surface area contributed by atoms with Crippen LogP contribution >= 0.6 is 11.3 Å². The van der Waals surface area contributed by atoms with Crippen molar-refractivity contribution < 1.29 is 4.42 Å². The van der Waals surface area contributed by atoms with Crippen LogP contribution in [0.1, 0.15) is 5.56 Å². The van der Waals surface area contributed by atoms with Crippen LogP contribution in [0.4, 0.5) is 0 Å². The van der Waals surface area contributed by atoms with Gasteiger partial charge in [-0.25, -0.2) is 15.0 Å². The highest BCUT2D eigenvalue weighted by atomic mass is 32.1. The van der Waals surface area contributed by atoms with E-state index < -0.39 is 0 Å². The van der Waals surface area contributed by atoms with Crippen LogP contribution < -0.4 is 10.6 Å². The minimum Gasteiger partial charge on any atom is -0.456 e. The molecule has 8 aromatic carbocycles. The molecule has 13 rings (SSSR count). The second-order valence-electron chi connectivity index (χ2n) is 16.2. The number of hydrogen-bond acceptors (Lipinski definition) is 5. The monoisotopic (exact) mass is 809 g/mol. The van der Waals surface area contributed by atoms with Crippen LogP contribution in [0, 0.1) is 11.8 Å². The van der Waals surface area contributed by atoms with Gasteiger partial charge in [-0.3, -0.25) is 0 Å². The summed E-state index contributed by atoms with van der Waals surface area (Å²) in [5, 5.41) is 9.42. The largest absolute Gasteiger partial charge is 0.456 e. The molecule has 11 aromatic rings. The zero-order chi connectivity index (χ0) is 40.7. The summed E-state index contributed by atoms with van der Waals surface area (Å²) < 4.78 is 8.90. The van der Waals surface area contributed by atoms with Gasteiger partial charge in [-0.15, -0.1) is 11.3 Å². The lowest BCUT2D eigenvalue weighted by molar-refractivity contribution is 0.562. The third-order valence-electron chi connectivity index (χ3n) is 12.7. The Labute approximate surface area is 360 Å². The molecule has 4 nitrogen and oxygen atoms in total. The SMILES string of the molecule is C1=CC2C=c3c(oc4ccccc34)=CC2C(c2cccc3ccc(-c4nc(-c5ccc6c(c5)sc5ccccc56)nc(-c5cccc6c(-c7ccccc7)cccc56)n4)cc23)=C1. The molecule has 0 fully saturated rings. The Morgan fingerprint density at radius 2 is 1.13 bits per heavy atom. The van der Waals surface area contributed by atoms with Gasteiger partial charge in [0, 0.05) is 59.3 Å². The first-order chi connectivity index (χ1) is 30.7. The molecule has 290 valence electrons. The molecule has 0 spiro atoms. The summed E-state index contributed by atoms with van der Waals surface area (Å²) in [5.74, 6) is 2.27. The molecular formula is C57H35N3OS. The fourth-order valence-corrected chi connectivity index (χ4v) is 10.9. The van der Waals surface area contributed by atoms with E-state index >= 15 is 0 Å². The number of aromatic nitrogens is 3. The number of fused-ring (bicyclic) bond motifs is 9. The van der Waals surface area contributed by atoms with Gasteiger partial charge in [-0.05, 0) is 74.1 Å². The molecule has 2 unspecified atom stereocenters. The first kappa shape index (κ1) is 35.1. The normalized spacial score (nSPS) is 15.7. The van der Waals surface area contributed by atoms with Crippen molar-refractivity contribution in [2.75, 3.05) is 0 Å². The van der Waals surface area contributed by atoms with E-state index in [0.717, 1.165) is 54.6 Å². The molecule has 2 aliphatic rings. The lowest BCUT2D eigenvalue weighted by Crippen LogP contribution is -2.31. The maximum Gasteiger partial charge on any atom is 0.164 e. The molecular weight excluding hydrogens is 775 g/mol. The number of furan rings is 1. The maximum absolute atomic E-state index is 6.42. The van der Waals surface area contributed by atoms with Crippen LogP contribution in [-0.4, -0.2) is 15.0 Å². The second kappa shape index (κ2) is 13.9. The van der Waals surface area contributed by atoms with Crippen molar-refractivity contribution in [1.82, 2.24) is 15.0 Å². The Morgan fingerprint density at radius 3 is 2.02 bits per heavy atom. The Bertz CT molecular complexity index is 3840. The molecule has 0 amide bonds. The first-order valence-electron chi connectivity index (χ1n) is 21.1. The average Bonchev–Trinajstić information content (AvgIpc) is 3.90. The van der Waals surface area contributed by atoms with E-state index in [-0.39, 0.29) is 11.8 Å². The van der Waals surface area contributed by atoms with Gasteiger partial charge >= 0.3 is 0 Å². The van der Waals surface area contributed by atoms with Gasteiger partial charge in [0.2, 0.25) is 0 Å². The van der Waals surface area contributed by atoms with E-state index in [9.17, 15) is 0 Å². The van der Waals surface area contributed by atoms with Crippen molar-refractivity contribution in [1.29, 1.82) is 0 Å². The summed E-state index contributed by atoms with van der Waals surface area (Å²) >= 11 is 1.80. The van der Waals surface area contributed by atoms with E-state index in [0.29, 0.717) is 17.5 Å². The topological polar surface area (TPSA) is 51.8 Å². The highest BCUT2D eigenvalue weighted by Gasteiger charge is 2.28. The molecule has 5 heteroatoms. The Kier molecular flexibility index (Phi) is 7.87. The molecule has 0 radical (unpaired) electrons. The van der Waals surface area contributed by atoms with E-state index in [1.165, 1.54) is 47.7 Å². The maximum atomic E-state index is 6.42. The van der Waals surface area contributed by atoms with E-state index in [1.54, 1.807) is 11.3 Å². The number of hydrogen-bond donors (Lipinski definition) is 0. The minimum atomic E-state index is 0.133. The molecule has 62 heavy (non-hydrogen) atoms. The van der Waals surface area contributed by atoms with Crippen molar-refractivity contribution in [2.24, 2.45) is 11.8 Å². The van der Waals surface area contributed by atoms with Gasteiger partial charge < -0.3 is 4.42 Å². The highest BCUT2D eigenvalue weighted by molar-refractivity contribution is 7.25. The fraction of sp³-hybridized carbons (Fsp3) is 0.0351. The zero-order valence-corrected chi connectivity index (χ0v) is 34.2. The van der Waals surface area contributed by atoms with Crippen molar-refractivity contribution in [3.8, 4) is 45.3 Å². The number of thiophene rings is 1. The summed E-state index contributed by atoms with van der Waals surface area (Å²) in [6.07, 6.45) is 11.5. The van der Waals surface area contributed by atoms with E-state index in [1.807, 2.05) is 6.07 Å². The predicted molar refractivity (Wildman–Crippen MR) is 258 cm³/mol. The Morgan fingerprint density at radius 1 is 0.452 bits per heavy atom. The summed E-state index contributed by atoms with van der Waals surface area (Å²) in [6, 6.07) is 60.3. The Balaban J connectivity index is 0.989. The molecule has 3 aromatic heterocycles. The van der Waals surface area contributed by atoms with Gasteiger partial charge in [-0.1, -0.05) is 170 Å². The van der Waals surface area contributed by atoms with Crippen molar-refractivity contribution in [3.05, 3.63) is 204 Å². The summed E-state index contributed by atoms with van der Waals surface area (Å²) in [7, 11) is 0. The molecule has 2 aliphatic carbocycles. The molecule has 0 bridgehead atoms. The quantitative estimate of drug-likeness (QED) is 0.174. The number of nitrogens with zero attached hydrogens (tertiary/aromatic N) is 3. The zero-order valence-electron chi connectivity index (χ0n) is 33.4. The smallest absolute Gasteiger partial charge is 0.164 e. The van der Waals surface area contributed by atoms with Crippen LogP contribution in [0.5, 0.6) is 0 Å². The van der Waals surface area contributed by atoms with Gasteiger partial charge in [0.25, 0.3) is 0 Å². The molecule has 2 atom stereocenters. The first-order valence-corrected chi connectivity index (χ1v) is 21.9. The lowest BCUT2D eigenvalue weighted by atomic mass is 9.76. The van der Waals surface area contributed by atoms with Crippen molar-refractivity contribution >= 4 is 81.7 Å². The minimum absolute atomic E-state index is 0.133. The van der Waals surface area contributed by atoms with Gasteiger partial charge in [-0.2, -0.15) is 0 Å². The van der Waals surface area contributed by atoms with Crippen molar-refractivity contribution in [2.45, 2.75) is 0 Å². The number of allylic oxidation sites excluding steroid dienone is 4. The van der Waals surface area contributed by atoms with Crippen LogP contribution in [-0.2, 0) is 0 Å². The third kappa shape index (κ3) is 5.63. The number of para-hydroxylation sites is 1. The standard InChI is InChI=1S/C57H35N3OS/c1-2-12-34(13-3-1)39-18-10-22-41-40(39)21-11-23-47(41)57-59-55(58-56(60-57)38-28-29-46-45-17-5-7-25-53(45)62-54(46)32-38)37-27-26-35-14-8-19-42(48(35)31-37)43-20-9-15-36-30-50-44-16-4-6-24-51(44)61-52(50)33-49(36)43/h1-33,36,49H. The van der Waals surface area contributed by atoms with Crippen molar-refractivity contribution in [3.63, 3.8) is 0 Å². The highest BCUT2D eigenvalue weighted by Crippen LogP contribution is 2.42. The fourth-order valence-electron chi connectivity index (χ4n) is 9.75. The molecule has 3 heterocycles. The van der Waals surface area contributed by atoms with E-state index in [2.05, 4.69) is 194 Å². The third-order valence-corrected chi connectivity index (χ3v) is 13.8. The second-order valence-corrected chi connectivity index (χ2v) is 17.3. The van der Waals surface area contributed by atoms with Crippen LogP contribution in [0.25, 0.3) is 116 Å².